The van der Waals surface area contributed by atoms with E-state index in [1.54, 1.807) is 0 Å². The van der Waals surface area contributed by atoms with E-state index < -0.39 is 0 Å². The molecular weight excluding hydrogens is 248 g/mol. The molecule has 0 unspecified atom stereocenters. The van der Waals surface area contributed by atoms with Crippen molar-refractivity contribution in [3.63, 3.8) is 0 Å². The Morgan fingerprint density at radius 1 is 1.30 bits per heavy atom. The van der Waals surface area contributed by atoms with Gasteiger partial charge in [0.05, 0.1) is 0 Å². The Morgan fingerprint density at radius 2 is 2.00 bits per heavy atom. The molecule has 0 bridgehead atoms. The van der Waals surface area contributed by atoms with E-state index in [1.165, 1.54) is 19.3 Å². The van der Waals surface area contributed by atoms with Crippen molar-refractivity contribution in [1.82, 2.24) is 4.90 Å². The Morgan fingerprint density at radius 3 is 2.60 bits per heavy atom. The van der Waals surface area contributed by atoms with Gasteiger partial charge in [-0.1, -0.05) is 19.3 Å². The normalized spacial score (nSPS) is 15.9. The highest BCUT2D eigenvalue weighted by molar-refractivity contribution is 5.96. The lowest BCUT2D eigenvalue weighted by atomic mass is 9.94. The van der Waals surface area contributed by atoms with Gasteiger partial charge in [-0.2, -0.15) is 0 Å². The summed E-state index contributed by atoms with van der Waals surface area (Å²) < 4.78 is 0. The van der Waals surface area contributed by atoms with E-state index in [4.69, 9.17) is 0 Å². The van der Waals surface area contributed by atoms with Gasteiger partial charge in [-0.25, -0.2) is 0 Å². The summed E-state index contributed by atoms with van der Waals surface area (Å²) in [6.07, 6.45) is 6.11. The molecule has 1 aliphatic rings. The SMILES string of the molecule is CCNc1ccc(C(=O)N(C)C2CCCCC2)c(C)c1. The van der Waals surface area contributed by atoms with Crippen LogP contribution in [0.25, 0.3) is 0 Å². The zero-order valence-corrected chi connectivity index (χ0v) is 12.9. The van der Waals surface area contributed by atoms with Gasteiger partial charge >= 0.3 is 0 Å². The zero-order chi connectivity index (χ0) is 14.5. The number of carbonyl (C=O) groups is 1. The minimum atomic E-state index is 0.164. The van der Waals surface area contributed by atoms with E-state index >= 15 is 0 Å². The second kappa shape index (κ2) is 6.78. The Hall–Kier alpha value is -1.51. The number of aryl methyl sites for hydroxylation is 1. The minimum absolute atomic E-state index is 0.164. The average Bonchev–Trinajstić information content (AvgIpc) is 2.47. The zero-order valence-electron chi connectivity index (χ0n) is 12.9. The predicted molar refractivity (Wildman–Crippen MR) is 84.3 cm³/mol. The second-order valence-electron chi connectivity index (χ2n) is 5.77. The molecule has 0 spiro atoms. The molecule has 0 heterocycles. The molecule has 2 rings (SSSR count). The summed E-state index contributed by atoms with van der Waals surface area (Å²) in [6.45, 7) is 4.99. The molecule has 0 aromatic heterocycles. The fourth-order valence-electron chi connectivity index (χ4n) is 3.04. The molecule has 20 heavy (non-hydrogen) atoms. The van der Waals surface area contributed by atoms with Gasteiger partial charge in [0.2, 0.25) is 0 Å². The largest absolute Gasteiger partial charge is 0.385 e. The molecule has 3 heteroatoms. The minimum Gasteiger partial charge on any atom is -0.385 e. The lowest BCUT2D eigenvalue weighted by Gasteiger charge is -2.31. The summed E-state index contributed by atoms with van der Waals surface area (Å²) >= 11 is 0. The third-order valence-corrected chi connectivity index (χ3v) is 4.28. The molecule has 1 amide bonds. The first kappa shape index (κ1) is 14.9. The highest BCUT2D eigenvalue weighted by Crippen LogP contribution is 2.24. The van der Waals surface area contributed by atoms with Crippen molar-refractivity contribution in [3.8, 4) is 0 Å². The second-order valence-corrected chi connectivity index (χ2v) is 5.77. The van der Waals surface area contributed by atoms with Crippen LogP contribution in [0.15, 0.2) is 18.2 Å². The topological polar surface area (TPSA) is 32.3 Å². The van der Waals surface area contributed by atoms with Gasteiger partial charge in [-0.05, 0) is 50.5 Å². The maximum Gasteiger partial charge on any atom is 0.254 e. The molecule has 1 aromatic rings. The van der Waals surface area contributed by atoms with Crippen LogP contribution in [0.2, 0.25) is 0 Å². The molecule has 0 saturated heterocycles. The molecule has 0 radical (unpaired) electrons. The molecule has 3 nitrogen and oxygen atoms in total. The van der Waals surface area contributed by atoms with Crippen molar-refractivity contribution >= 4 is 11.6 Å². The van der Waals surface area contributed by atoms with Crippen LogP contribution >= 0.6 is 0 Å². The van der Waals surface area contributed by atoms with Crippen LogP contribution in [-0.2, 0) is 0 Å². The van der Waals surface area contributed by atoms with E-state index in [1.807, 2.05) is 31.0 Å². The van der Waals surface area contributed by atoms with Gasteiger partial charge in [0.1, 0.15) is 0 Å². The summed E-state index contributed by atoms with van der Waals surface area (Å²) in [5.41, 5.74) is 2.97. The van der Waals surface area contributed by atoms with E-state index in [0.717, 1.165) is 36.2 Å². The number of hydrogen-bond donors (Lipinski definition) is 1. The first-order chi connectivity index (χ1) is 9.63. The summed E-state index contributed by atoms with van der Waals surface area (Å²) in [5.74, 6) is 0.164. The summed E-state index contributed by atoms with van der Waals surface area (Å²) in [7, 11) is 1.95. The van der Waals surface area contributed by atoms with Gasteiger partial charge in [0, 0.05) is 30.9 Å². The van der Waals surface area contributed by atoms with Crippen molar-refractivity contribution < 1.29 is 4.79 Å². The first-order valence-electron chi connectivity index (χ1n) is 7.75. The molecule has 1 fully saturated rings. The fourth-order valence-corrected chi connectivity index (χ4v) is 3.04. The molecule has 1 N–H and O–H groups in total. The van der Waals surface area contributed by atoms with Crippen molar-refractivity contribution in [1.29, 1.82) is 0 Å². The number of nitrogens with zero attached hydrogens (tertiary/aromatic N) is 1. The van der Waals surface area contributed by atoms with E-state index in [0.29, 0.717) is 6.04 Å². The van der Waals surface area contributed by atoms with Crippen molar-refractivity contribution in [2.45, 2.75) is 52.0 Å². The van der Waals surface area contributed by atoms with Gasteiger partial charge < -0.3 is 10.2 Å². The van der Waals surface area contributed by atoms with Crippen LogP contribution in [0.5, 0.6) is 0 Å². The van der Waals surface area contributed by atoms with Crippen LogP contribution in [-0.4, -0.2) is 30.4 Å². The smallest absolute Gasteiger partial charge is 0.254 e. The summed E-state index contributed by atoms with van der Waals surface area (Å²) in [6, 6.07) is 6.43. The lowest BCUT2D eigenvalue weighted by molar-refractivity contribution is 0.0695. The van der Waals surface area contributed by atoms with E-state index in [9.17, 15) is 4.79 Å². The number of nitrogens with one attached hydrogen (secondary N) is 1. The maximum atomic E-state index is 12.6. The van der Waals surface area contributed by atoms with E-state index in [-0.39, 0.29) is 5.91 Å². The summed E-state index contributed by atoms with van der Waals surface area (Å²) in [4.78, 5) is 14.6. The van der Waals surface area contributed by atoms with Gasteiger partial charge in [0.15, 0.2) is 0 Å². The van der Waals surface area contributed by atoms with Crippen molar-refractivity contribution in [2.75, 3.05) is 18.9 Å². The van der Waals surface area contributed by atoms with Crippen LogP contribution in [0.3, 0.4) is 0 Å². The first-order valence-corrected chi connectivity index (χ1v) is 7.75. The lowest BCUT2D eigenvalue weighted by Crippen LogP contribution is -2.38. The Bertz CT molecular complexity index is 464. The summed E-state index contributed by atoms with van der Waals surface area (Å²) in [5, 5.41) is 3.28. The monoisotopic (exact) mass is 274 g/mol. The quantitative estimate of drug-likeness (QED) is 0.905. The molecular formula is C17H26N2O. The van der Waals surface area contributed by atoms with Crippen LogP contribution in [0.1, 0.15) is 54.9 Å². The standard InChI is InChI=1S/C17H26N2O/c1-4-18-14-10-11-16(13(2)12-14)17(20)19(3)15-8-6-5-7-9-15/h10-12,15,18H,4-9H2,1-3H3. The number of hydrogen-bond acceptors (Lipinski definition) is 2. The molecule has 1 saturated carbocycles. The Balaban J connectivity index is 2.11. The van der Waals surface area contributed by atoms with Crippen molar-refractivity contribution in [3.05, 3.63) is 29.3 Å². The Labute approximate surface area is 122 Å². The number of carbonyl (C=O) groups excluding carboxylic acids is 1. The average molecular weight is 274 g/mol. The highest BCUT2D eigenvalue weighted by atomic mass is 16.2. The van der Waals surface area contributed by atoms with Crippen molar-refractivity contribution in [2.24, 2.45) is 0 Å². The maximum absolute atomic E-state index is 12.6. The molecule has 0 atom stereocenters. The fraction of sp³-hybridized carbons (Fsp3) is 0.588. The molecule has 1 aliphatic carbocycles. The van der Waals surface area contributed by atoms with Gasteiger partial charge in [-0.15, -0.1) is 0 Å². The molecule has 0 aliphatic heterocycles. The predicted octanol–water partition coefficient (Wildman–Crippen LogP) is 3.83. The number of rotatable bonds is 4. The van der Waals surface area contributed by atoms with Gasteiger partial charge in [0.25, 0.3) is 5.91 Å². The van der Waals surface area contributed by atoms with Gasteiger partial charge in [-0.3, -0.25) is 4.79 Å². The molecule has 110 valence electrons. The number of amides is 1. The third-order valence-electron chi connectivity index (χ3n) is 4.28. The van der Waals surface area contributed by atoms with Crippen LogP contribution in [0.4, 0.5) is 5.69 Å². The van der Waals surface area contributed by atoms with Crippen LogP contribution in [0, 0.1) is 6.92 Å². The Kier molecular flexibility index (Phi) is 5.05. The molecule has 1 aromatic carbocycles. The number of benzene rings is 1. The number of anilines is 1. The highest BCUT2D eigenvalue weighted by Gasteiger charge is 2.23. The van der Waals surface area contributed by atoms with E-state index in [2.05, 4.69) is 18.3 Å². The van der Waals surface area contributed by atoms with Crippen LogP contribution < -0.4 is 5.32 Å². The third kappa shape index (κ3) is 3.33.